The molecule has 1 aromatic rings. The zero-order valence-corrected chi connectivity index (χ0v) is 12.7. The number of piperazine rings is 1. The summed E-state index contributed by atoms with van der Waals surface area (Å²) in [5.74, 6) is -0.104. The minimum Gasteiger partial charge on any atom is -0.342 e. The van der Waals surface area contributed by atoms with Gasteiger partial charge in [0, 0.05) is 13.2 Å². The number of rotatable bonds is 3. The van der Waals surface area contributed by atoms with E-state index in [0.717, 1.165) is 11.4 Å². The molecule has 0 bridgehead atoms. The molecule has 2 atom stereocenters. The molecule has 0 radical (unpaired) electrons. The Bertz CT molecular complexity index is 535. The monoisotopic (exact) mass is 278 g/mol. The summed E-state index contributed by atoms with van der Waals surface area (Å²) in [7, 11) is 1.81. The highest BCUT2D eigenvalue weighted by Crippen LogP contribution is 2.28. The van der Waals surface area contributed by atoms with Crippen LogP contribution in [-0.2, 0) is 16.6 Å². The summed E-state index contributed by atoms with van der Waals surface area (Å²) in [5.41, 5.74) is 1.49. The molecule has 2 heterocycles. The molecule has 110 valence electrons. The zero-order chi connectivity index (χ0) is 15.0. The van der Waals surface area contributed by atoms with Crippen molar-refractivity contribution in [2.45, 2.75) is 46.2 Å². The third kappa shape index (κ3) is 2.30. The van der Waals surface area contributed by atoms with Crippen molar-refractivity contribution >= 4 is 17.5 Å². The molecule has 1 aromatic heterocycles. The minimum atomic E-state index is -0.479. The van der Waals surface area contributed by atoms with Gasteiger partial charge >= 0.3 is 0 Å². The number of aryl methyl sites for hydroxylation is 2. The van der Waals surface area contributed by atoms with Crippen molar-refractivity contribution in [2.24, 2.45) is 13.0 Å². The summed E-state index contributed by atoms with van der Waals surface area (Å²) in [6, 6.07) is -0.926. The average Bonchev–Trinajstić information content (AvgIpc) is 2.69. The van der Waals surface area contributed by atoms with Crippen LogP contribution in [0.2, 0.25) is 0 Å². The highest BCUT2D eigenvalue weighted by atomic mass is 16.2. The Morgan fingerprint density at radius 3 is 2.50 bits per heavy atom. The van der Waals surface area contributed by atoms with Gasteiger partial charge in [0.2, 0.25) is 11.8 Å². The molecule has 1 N–H and O–H groups in total. The van der Waals surface area contributed by atoms with Crippen LogP contribution in [0.5, 0.6) is 0 Å². The first-order valence-corrected chi connectivity index (χ1v) is 7.00. The van der Waals surface area contributed by atoms with Gasteiger partial charge in [-0.1, -0.05) is 20.8 Å². The normalized spacial score (nSPS) is 23.4. The first-order chi connectivity index (χ1) is 9.36. The van der Waals surface area contributed by atoms with Crippen LogP contribution < -0.4 is 10.2 Å². The third-order valence-electron chi connectivity index (χ3n) is 3.69. The van der Waals surface area contributed by atoms with E-state index in [-0.39, 0.29) is 17.7 Å². The van der Waals surface area contributed by atoms with E-state index in [9.17, 15) is 9.59 Å². The lowest BCUT2D eigenvalue weighted by Crippen LogP contribution is -2.65. The van der Waals surface area contributed by atoms with Crippen molar-refractivity contribution in [3.8, 4) is 0 Å². The van der Waals surface area contributed by atoms with Gasteiger partial charge in [0.05, 0.1) is 11.4 Å². The van der Waals surface area contributed by atoms with Crippen LogP contribution in [0.25, 0.3) is 0 Å². The smallest absolute Gasteiger partial charge is 0.250 e. The number of carbonyl (C=O) groups is 2. The summed E-state index contributed by atoms with van der Waals surface area (Å²) in [6.45, 7) is 7.64. The molecule has 1 aliphatic rings. The van der Waals surface area contributed by atoms with Crippen molar-refractivity contribution in [1.82, 2.24) is 15.1 Å². The lowest BCUT2D eigenvalue weighted by atomic mass is 9.95. The fourth-order valence-electron chi connectivity index (χ4n) is 2.71. The topological polar surface area (TPSA) is 67.2 Å². The molecule has 20 heavy (non-hydrogen) atoms. The first-order valence-electron chi connectivity index (χ1n) is 7.00. The molecule has 6 nitrogen and oxygen atoms in total. The fraction of sp³-hybridized carbons (Fsp3) is 0.643. The molecule has 0 saturated carbocycles. The number of hydrogen-bond acceptors (Lipinski definition) is 3. The van der Waals surface area contributed by atoms with E-state index in [1.54, 1.807) is 15.8 Å². The van der Waals surface area contributed by atoms with Gasteiger partial charge < -0.3 is 5.32 Å². The van der Waals surface area contributed by atoms with Gasteiger partial charge in [-0.2, -0.15) is 5.10 Å². The number of nitrogens with one attached hydrogen (secondary N) is 1. The van der Waals surface area contributed by atoms with E-state index in [0.29, 0.717) is 6.42 Å². The van der Waals surface area contributed by atoms with Gasteiger partial charge in [0.1, 0.15) is 12.1 Å². The standard InChI is InChI=1S/C14H22N4O2/c1-6-10-14(20)18(11-7-17(5)16-9(11)4)12(8(2)3)13(19)15-10/h7-8,10,12H,6H2,1-5H3,(H,15,19). The molecule has 6 heteroatoms. The maximum absolute atomic E-state index is 12.7. The largest absolute Gasteiger partial charge is 0.342 e. The molecule has 2 unspecified atom stereocenters. The zero-order valence-electron chi connectivity index (χ0n) is 12.7. The highest BCUT2D eigenvalue weighted by Gasteiger charge is 2.43. The van der Waals surface area contributed by atoms with Crippen LogP contribution in [-0.4, -0.2) is 33.7 Å². The quantitative estimate of drug-likeness (QED) is 0.896. The Balaban J connectivity index is 2.49. The van der Waals surface area contributed by atoms with Crippen LogP contribution >= 0.6 is 0 Å². The molecule has 1 aliphatic heterocycles. The number of amides is 2. The van der Waals surface area contributed by atoms with Gasteiger partial charge in [-0.25, -0.2) is 0 Å². The molecule has 2 amide bonds. The minimum absolute atomic E-state index is 0.0383. The highest BCUT2D eigenvalue weighted by molar-refractivity contribution is 6.08. The lowest BCUT2D eigenvalue weighted by Gasteiger charge is -2.40. The Morgan fingerprint density at radius 2 is 2.05 bits per heavy atom. The molecule has 2 rings (SSSR count). The van der Waals surface area contributed by atoms with E-state index in [1.165, 1.54) is 0 Å². The van der Waals surface area contributed by atoms with E-state index in [4.69, 9.17) is 0 Å². The second kappa shape index (κ2) is 5.26. The predicted molar refractivity (Wildman–Crippen MR) is 76.3 cm³/mol. The second-order valence-corrected chi connectivity index (χ2v) is 5.64. The number of hydrogen-bond donors (Lipinski definition) is 1. The number of aromatic nitrogens is 2. The van der Waals surface area contributed by atoms with Crippen molar-refractivity contribution < 1.29 is 9.59 Å². The van der Waals surface area contributed by atoms with Crippen LogP contribution in [0, 0.1) is 12.8 Å². The fourth-order valence-corrected chi connectivity index (χ4v) is 2.71. The summed E-state index contributed by atoms with van der Waals surface area (Å²) < 4.78 is 1.67. The summed E-state index contributed by atoms with van der Waals surface area (Å²) >= 11 is 0. The van der Waals surface area contributed by atoms with Crippen molar-refractivity contribution in [1.29, 1.82) is 0 Å². The Kier molecular flexibility index (Phi) is 3.83. The SMILES string of the molecule is CCC1NC(=O)C(C(C)C)N(c2cn(C)nc2C)C1=O. The van der Waals surface area contributed by atoms with Crippen molar-refractivity contribution in [3.63, 3.8) is 0 Å². The van der Waals surface area contributed by atoms with Gasteiger partial charge in [0.15, 0.2) is 0 Å². The molecule has 1 fully saturated rings. The van der Waals surface area contributed by atoms with Crippen LogP contribution in [0.1, 0.15) is 32.9 Å². The van der Waals surface area contributed by atoms with Crippen molar-refractivity contribution in [2.75, 3.05) is 4.90 Å². The number of carbonyl (C=O) groups excluding carboxylic acids is 2. The van der Waals surface area contributed by atoms with Gasteiger partial charge in [-0.3, -0.25) is 19.2 Å². The second-order valence-electron chi connectivity index (χ2n) is 5.64. The van der Waals surface area contributed by atoms with E-state index < -0.39 is 12.1 Å². The number of anilines is 1. The van der Waals surface area contributed by atoms with E-state index in [1.807, 2.05) is 34.7 Å². The van der Waals surface area contributed by atoms with Crippen LogP contribution in [0.15, 0.2) is 6.20 Å². The predicted octanol–water partition coefficient (Wildman–Crippen LogP) is 0.995. The van der Waals surface area contributed by atoms with Gasteiger partial charge in [-0.05, 0) is 19.3 Å². The van der Waals surface area contributed by atoms with E-state index in [2.05, 4.69) is 10.4 Å². The molecular formula is C14H22N4O2. The van der Waals surface area contributed by atoms with Gasteiger partial charge in [-0.15, -0.1) is 0 Å². The Morgan fingerprint density at radius 1 is 1.40 bits per heavy atom. The summed E-state index contributed by atoms with van der Waals surface area (Å²) in [4.78, 5) is 26.6. The summed E-state index contributed by atoms with van der Waals surface area (Å²) in [5, 5.41) is 7.10. The van der Waals surface area contributed by atoms with E-state index >= 15 is 0 Å². The third-order valence-corrected chi connectivity index (χ3v) is 3.69. The average molecular weight is 278 g/mol. The van der Waals surface area contributed by atoms with Crippen LogP contribution in [0.4, 0.5) is 5.69 Å². The Labute approximate surface area is 119 Å². The maximum atomic E-state index is 12.7. The molecule has 0 aliphatic carbocycles. The summed E-state index contributed by atoms with van der Waals surface area (Å²) in [6.07, 6.45) is 2.39. The maximum Gasteiger partial charge on any atom is 0.250 e. The van der Waals surface area contributed by atoms with Crippen LogP contribution in [0.3, 0.4) is 0 Å². The Hall–Kier alpha value is -1.85. The molecule has 0 spiro atoms. The first kappa shape index (κ1) is 14.6. The van der Waals surface area contributed by atoms with Gasteiger partial charge in [0.25, 0.3) is 0 Å². The lowest BCUT2D eigenvalue weighted by molar-refractivity contribution is -0.134. The molecular weight excluding hydrogens is 256 g/mol. The van der Waals surface area contributed by atoms with Crippen molar-refractivity contribution in [3.05, 3.63) is 11.9 Å². The molecule has 1 saturated heterocycles. The molecule has 0 aromatic carbocycles. The number of nitrogens with zero attached hydrogens (tertiary/aromatic N) is 3.